The van der Waals surface area contributed by atoms with E-state index in [2.05, 4.69) is 6.58 Å². The lowest BCUT2D eigenvalue weighted by atomic mass is 10.7. The first-order valence-electron chi connectivity index (χ1n) is 4.13. The molecule has 0 rings (SSSR count). The van der Waals surface area contributed by atoms with Crippen LogP contribution in [0.1, 0.15) is 13.8 Å². The van der Waals surface area contributed by atoms with Crippen LogP contribution in [-0.4, -0.2) is 6.61 Å². The highest BCUT2D eigenvalue weighted by molar-refractivity contribution is 7.48. The molecule has 0 aromatic carbocycles. The summed E-state index contributed by atoms with van der Waals surface area (Å²) in [5.41, 5.74) is 0. The molecule has 0 bridgehead atoms. The molecule has 0 spiro atoms. The van der Waals surface area contributed by atoms with Gasteiger partial charge in [0.05, 0.1) is 19.1 Å². The first kappa shape index (κ1) is 13.0. The summed E-state index contributed by atoms with van der Waals surface area (Å²) in [4.78, 5) is 0. The summed E-state index contributed by atoms with van der Waals surface area (Å²) < 4.78 is 26.2. The Kier molecular flexibility index (Phi) is 6.89. The molecule has 0 saturated heterocycles. The van der Waals surface area contributed by atoms with Gasteiger partial charge in [0.15, 0.2) is 0 Å². The van der Waals surface area contributed by atoms with Gasteiger partial charge < -0.3 is 9.05 Å². The number of phosphoric acid groups is 1. The molecule has 0 heterocycles. The predicted octanol–water partition coefficient (Wildman–Crippen LogP) is 3.40. The zero-order chi connectivity index (χ0) is 10.9. The molecular formula is C9H15O4P. The molecule has 0 aromatic heterocycles. The number of allylic oxidation sites excluding steroid dienone is 2. The fraction of sp³-hybridized carbons (Fsp3) is 0.333. The van der Waals surface area contributed by atoms with Crippen molar-refractivity contribution in [3.8, 4) is 0 Å². The summed E-state index contributed by atoms with van der Waals surface area (Å²) in [5.74, 6) is 0. The second-order valence-corrected chi connectivity index (χ2v) is 3.76. The molecule has 14 heavy (non-hydrogen) atoms. The summed E-state index contributed by atoms with van der Waals surface area (Å²) in [6.45, 7) is 6.99. The number of hydrogen-bond donors (Lipinski definition) is 0. The van der Waals surface area contributed by atoms with Gasteiger partial charge in [0.1, 0.15) is 0 Å². The Bertz CT molecular complexity index is 240. The molecule has 4 nitrogen and oxygen atoms in total. The molecule has 0 atom stereocenters. The summed E-state index contributed by atoms with van der Waals surface area (Å²) in [6, 6.07) is 0. The fourth-order valence-electron chi connectivity index (χ4n) is 0.500. The second kappa shape index (κ2) is 7.42. The molecule has 0 unspecified atom stereocenters. The molecule has 0 amide bonds. The van der Waals surface area contributed by atoms with Crippen molar-refractivity contribution < 1.29 is 18.1 Å². The lowest BCUT2D eigenvalue weighted by Crippen LogP contribution is -1.93. The molecule has 5 heteroatoms. The molecule has 0 saturated carbocycles. The van der Waals surface area contributed by atoms with Crippen LogP contribution in [0, 0.1) is 0 Å². The van der Waals surface area contributed by atoms with E-state index >= 15 is 0 Å². The lowest BCUT2D eigenvalue weighted by Gasteiger charge is -2.13. The quantitative estimate of drug-likeness (QED) is 0.373. The predicted molar refractivity (Wildman–Crippen MR) is 55.6 cm³/mol. The molecule has 0 aromatic rings. The van der Waals surface area contributed by atoms with Gasteiger partial charge in [-0.25, -0.2) is 4.57 Å². The Balaban J connectivity index is 4.31. The van der Waals surface area contributed by atoms with Crippen LogP contribution in [-0.2, 0) is 18.1 Å². The Morgan fingerprint density at radius 1 is 1.21 bits per heavy atom. The summed E-state index contributed by atoms with van der Waals surface area (Å²) >= 11 is 0. The van der Waals surface area contributed by atoms with Gasteiger partial charge in [0.2, 0.25) is 0 Å². The van der Waals surface area contributed by atoms with Gasteiger partial charge in [-0.05, 0) is 13.8 Å². The third-order valence-electron chi connectivity index (χ3n) is 1.00. The summed E-state index contributed by atoms with van der Waals surface area (Å²) in [7, 11) is -3.51. The zero-order valence-corrected chi connectivity index (χ0v) is 9.28. The van der Waals surface area contributed by atoms with Crippen molar-refractivity contribution in [1.82, 2.24) is 0 Å². The van der Waals surface area contributed by atoms with Crippen molar-refractivity contribution in [3.05, 3.63) is 37.3 Å². The monoisotopic (exact) mass is 218 g/mol. The number of phosphoric ester groups is 1. The summed E-state index contributed by atoms with van der Waals surface area (Å²) in [5, 5.41) is 0. The van der Waals surface area contributed by atoms with Gasteiger partial charge >= 0.3 is 7.82 Å². The molecule has 0 aliphatic carbocycles. The zero-order valence-electron chi connectivity index (χ0n) is 8.38. The van der Waals surface area contributed by atoms with E-state index in [1.54, 1.807) is 26.0 Å². The Hall–Kier alpha value is -0.990. The second-order valence-electron chi connectivity index (χ2n) is 2.18. The average Bonchev–Trinajstić information content (AvgIpc) is 2.21. The van der Waals surface area contributed by atoms with Gasteiger partial charge in [-0.1, -0.05) is 18.2 Å². The van der Waals surface area contributed by atoms with Crippen LogP contribution in [0.4, 0.5) is 0 Å². The van der Waals surface area contributed by atoms with Gasteiger partial charge in [-0.2, -0.15) is 0 Å². The molecule has 0 radical (unpaired) electrons. The Morgan fingerprint density at radius 2 is 1.71 bits per heavy atom. The van der Waals surface area contributed by atoms with E-state index in [0.717, 1.165) is 0 Å². The molecule has 80 valence electrons. The summed E-state index contributed by atoms with van der Waals surface area (Å²) in [6.07, 6.45) is 7.15. The average molecular weight is 218 g/mol. The Morgan fingerprint density at radius 3 is 2.07 bits per heavy atom. The number of hydrogen-bond acceptors (Lipinski definition) is 4. The smallest absolute Gasteiger partial charge is 0.403 e. The normalized spacial score (nSPS) is 12.1. The van der Waals surface area contributed by atoms with E-state index < -0.39 is 7.82 Å². The van der Waals surface area contributed by atoms with Gasteiger partial charge in [0, 0.05) is 0 Å². The molecular weight excluding hydrogens is 203 g/mol. The topological polar surface area (TPSA) is 44.8 Å². The van der Waals surface area contributed by atoms with Gasteiger partial charge in [-0.15, -0.1) is 6.58 Å². The minimum atomic E-state index is -3.51. The van der Waals surface area contributed by atoms with Crippen LogP contribution in [0.3, 0.4) is 0 Å². The van der Waals surface area contributed by atoms with E-state index in [0.29, 0.717) is 0 Å². The first-order chi connectivity index (χ1) is 6.68. The largest absolute Gasteiger partial charge is 0.586 e. The van der Waals surface area contributed by atoms with Crippen LogP contribution in [0.5, 0.6) is 0 Å². The van der Waals surface area contributed by atoms with Crippen molar-refractivity contribution in [2.45, 2.75) is 13.8 Å². The van der Waals surface area contributed by atoms with Crippen molar-refractivity contribution in [2.24, 2.45) is 0 Å². The lowest BCUT2D eigenvalue weighted by molar-refractivity contribution is 0.194. The van der Waals surface area contributed by atoms with Gasteiger partial charge in [0.25, 0.3) is 0 Å². The van der Waals surface area contributed by atoms with E-state index in [1.807, 2.05) is 0 Å². The van der Waals surface area contributed by atoms with Crippen LogP contribution < -0.4 is 0 Å². The third-order valence-corrected chi connectivity index (χ3v) is 2.23. The van der Waals surface area contributed by atoms with Gasteiger partial charge in [-0.3, -0.25) is 4.52 Å². The SMILES string of the molecule is C=CCOP(=O)(O/C=C/C)O/C=C/C. The van der Waals surface area contributed by atoms with E-state index in [1.165, 1.54) is 18.6 Å². The van der Waals surface area contributed by atoms with Crippen molar-refractivity contribution in [1.29, 1.82) is 0 Å². The molecule has 0 fully saturated rings. The first-order valence-corrected chi connectivity index (χ1v) is 5.59. The van der Waals surface area contributed by atoms with Crippen molar-refractivity contribution in [3.63, 3.8) is 0 Å². The van der Waals surface area contributed by atoms with Crippen molar-refractivity contribution in [2.75, 3.05) is 6.61 Å². The third kappa shape index (κ3) is 5.62. The Labute approximate surface area is 84.5 Å². The molecule has 0 aliphatic rings. The maximum atomic E-state index is 11.7. The fourth-order valence-corrected chi connectivity index (χ4v) is 1.50. The van der Waals surface area contributed by atoms with E-state index in [4.69, 9.17) is 13.6 Å². The van der Waals surface area contributed by atoms with Crippen LogP contribution >= 0.6 is 7.82 Å². The highest BCUT2D eigenvalue weighted by Gasteiger charge is 2.26. The standard InChI is InChI=1S/C9H15O4P/c1-4-7-11-14(10,12-8-5-2)13-9-6-3/h4-6,8-9H,1,7H2,2-3H3/b8-5+,9-6+. The highest BCUT2D eigenvalue weighted by Crippen LogP contribution is 2.49. The van der Waals surface area contributed by atoms with Crippen LogP contribution in [0.15, 0.2) is 37.3 Å². The molecule has 0 N–H and O–H groups in total. The maximum absolute atomic E-state index is 11.7. The number of rotatable bonds is 7. The van der Waals surface area contributed by atoms with Crippen LogP contribution in [0.2, 0.25) is 0 Å². The van der Waals surface area contributed by atoms with Crippen LogP contribution in [0.25, 0.3) is 0 Å². The molecule has 0 aliphatic heterocycles. The van der Waals surface area contributed by atoms with E-state index in [-0.39, 0.29) is 6.61 Å². The van der Waals surface area contributed by atoms with Crippen molar-refractivity contribution >= 4 is 7.82 Å². The van der Waals surface area contributed by atoms with E-state index in [9.17, 15) is 4.57 Å². The minimum absolute atomic E-state index is 0.104. The minimum Gasteiger partial charge on any atom is -0.403 e. The maximum Gasteiger partial charge on any atom is 0.586 e. The highest BCUT2D eigenvalue weighted by atomic mass is 31.2.